The zero-order chi connectivity index (χ0) is 14.4. The average molecular weight is 275 g/mol. The fourth-order valence-electron chi connectivity index (χ4n) is 3.11. The van der Waals surface area contributed by atoms with Gasteiger partial charge in [0.25, 0.3) is 0 Å². The summed E-state index contributed by atoms with van der Waals surface area (Å²) < 4.78 is 0. The molecular formula is C17H25NO2. The number of amides is 1. The summed E-state index contributed by atoms with van der Waals surface area (Å²) in [4.78, 5) is 12.1. The van der Waals surface area contributed by atoms with Gasteiger partial charge in [0.2, 0.25) is 5.91 Å². The predicted molar refractivity (Wildman–Crippen MR) is 80.0 cm³/mol. The van der Waals surface area contributed by atoms with Gasteiger partial charge in [-0.2, -0.15) is 0 Å². The van der Waals surface area contributed by atoms with Gasteiger partial charge in [0.15, 0.2) is 0 Å². The van der Waals surface area contributed by atoms with Gasteiger partial charge in [-0.05, 0) is 29.4 Å². The van der Waals surface area contributed by atoms with Gasteiger partial charge in [0.1, 0.15) is 0 Å². The lowest BCUT2D eigenvalue weighted by Gasteiger charge is -2.32. The van der Waals surface area contributed by atoms with E-state index >= 15 is 0 Å². The third-order valence-corrected chi connectivity index (χ3v) is 4.41. The Morgan fingerprint density at radius 2 is 1.85 bits per heavy atom. The molecule has 0 spiro atoms. The molecule has 1 fully saturated rings. The lowest BCUT2D eigenvalue weighted by Crippen LogP contribution is -2.31. The van der Waals surface area contributed by atoms with Crippen molar-refractivity contribution in [2.75, 3.05) is 0 Å². The Morgan fingerprint density at radius 3 is 2.50 bits per heavy atom. The van der Waals surface area contributed by atoms with Crippen molar-refractivity contribution >= 4 is 5.91 Å². The van der Waals surface area contributed by atoms with E-state index < -0.39 is 0 Å². The van der Waals surface area contributed by atoms with E-state index in [9.17, 15) is 9.90 Å². The van der Waals surface area contributed by atoms with Crippen LogP contribution in [0.2, 0.25) is 0 Å². The first-order chi connectivity index (χ1) is 9.63. The first-order valence-corrected chi connectivity index (χ1v) is 7.57. The Morgan fingerprint density at radius 1 is 1.20 bits per heavy atom. The van der Waals surface area contributed by atoms with Crippen molar-refractivity contribution in [3.8, 4) is 0 Å². The molecule has 1 aliphatic rings. The number of hydrogen-bond donors (Lipinski definition) is 2. The fourth-order valence-corrected chi connectivity index (χ4v) is 3.11. The molecule has 0 unspecified atom stereocenters. The third-order valence-electron chi connectivity index (χ3n) is 4.41. The summed E-state index contributed by atoms with van der Waals surface area (Å²) >= 11 is 0. The second kappa shape index (κ2) is 6.89. The van der Waals surface area contributed by atoms with Crippen LogP contribution in [0.5, 0.6) is 0 Å². The normalized spacial score (nSPS) is 17.7. The van der Waals surface area contributed by atoms with E-state index in [1.165, 1.54) is 19.3 Å². The van der Waals surface area contributed by atoms with Crippen LogP contribution in [0.1, 0.15) is 56.6 Å². The third kappa shape index (κ3) is 4.07. The molecule has 2 rings (SSSR count). The summed E-state index contributed by atoms with van der Waals surface area (Å²) in [6.07, 6.45) is 6.74. The second-order valence-electron chi connectivity index (χ2n) is 6.25. The SMILES string of the molecule is CC1(CC(=O)NCc2ccccc2CO)CCCCC1. The molecule has 1 saturated carbocycles. The van der Waals surface area contributed by atoms with Crippen molar-refractivity contribution < 1.29 is 9.90 Å². The molecule has 0 radical (unpaired) electrons. The van der Waals surface area contributed by atoms with Gasteiger partial charge in [0, 0.05) is 13.0 Å². The van der Waals surface area contributed by atoms with Crippen molar-refractivity contribution in [1.29, 1.82) is 0 Å². The minimum absolute atomic E-state index is 0.0176. The van der Waals surface area contributed by atoms with Crippen molar-refractivity contribution in [3.05, 3.63) is 35.4 Å². The van der Waals surface area contributed by atoms with Gasteiger partial charge in [-0.3, -0.25) is 4.79 Å². The second-order valence-corrected chi connectivity index (χ2v) is 6.25. The van der Waals surface area contributed by atoms with Gasteiger partial charge in [-0.25, -0.2) is 0 Å². The maximum atomic E-state index is 12.1. The molecule has 1 amide bonds. The van der Waals surface area contributed by atoms with Gasteiger partial charge >= 0.3 is 0 Å². The van der Waals surface area contributed by atoms with Gasteiger partial charge < -0.3 is 10.4 Å². The molecule has 1 aromatic carbocycles. The van der Waals surface area contributed by atoms with E-state index in [1.54, 1.807) is 0 Å². The molecule has 2 N–H and O–H groups in total. The highest BCUT2D eigenvalue weighted by Gasteiger charge is 2.29. The Balaban J connectivity index is 1.85. The van der Waals surface area contributed by atoms with Crippen LogP contribution in [0, 0.1) is 5.41 Å². The predicted octanol–water partition coefficient (Wildman–Crippen LogP) is 3.16. The van der Waals surface area contributed by atoms with Gasteiger partial charge in [0.05, 0.1) is 6.61 Å². The zero-order valence-electron chi connectivity index (χ0n) is 12.3. The zero-order valence-corrected chi connectivity index (χ0v) is 12.3. The number of rotatable bonds is 5. The molecule has 110 valence electrons. The quantitative estimate of drug-likeness (QED) is 0.867. The molecule has 0 aliphatic heterocycles. The first kappa shape index (κ1) is 15.0. The topological polar surface area (TPSA) is 49.3 Å². The van der Waals surface area contributed by atoms with Crippen LogP contribution in [0.4, 0.5) is 0 Å². The Hall–Kier alpha value is -1.35. The summed E-state index contributed by atoms with van der Waals surface area (Å²) in [6.45, 7) is 2.75. The summed E-state index contributed by atoms with van der Waals surface area (Å²) in [5.41, 5.74) is 2.06. The van der Waals surface area contributed by atoms with Crippen LogP contribution in [0.15, 0.2) is 24.3 Å². The maximum Gasteiger partial charge on any atom is 0.220 e. The standard InChI is InChI=1S/C17H25NO2/c1-17(9-5-2-6-10-17)11-16(20)18-12-14-7-3-4-8-15(14)13-19/h3-4,7-8,19H,2,5-6,9-13H2,1H3,(H,18,20). The largest absolute Gasteiger partial charge is 0.392 e. The van der Waals surface area contributed by atoms with Gasteiger partial charge in [-0.1, -0.05) is 50.5 Å². The summed E-state index contributed by atoms with van der Waals surface area (Å²) in [7, 11) is 0. The molecule has 20 heavy (non-hydrogen) atoms. The van der Waals surface area contributed by atoms with Crippen LogP contribution < -0.4 is 5.32 Å². The first-order valence-electron chi connectivity index (χ1n) is 7.57. The van der Waals surface area contributed by atoms with Crippen LogP contribution >= 0.6 is 0 Å². The molecule has 0 heterocycles. The maximum absolute atomic E-state index is 12.1. The van der Waals surface area contributed by atoms with E-state index in [0.717, 1.165) is 24.0 Å². The highest BCUT2D eigenvalue weighted by atomic mass is 16.3. The molecule has 0 aromatic heterocycles. The monoisotopic (exact) mass is 275 g/mol. The lowest BCUT2D eigenvalue weighted by atomic mass is 9.73. The number of aliphatic hydroxyl groups excluding tert-OH is 1. The van der Waals surface area contributed by atoms with Crippen molar-refractivity contribution in [2.24, 2.45) is 5.41 Å². The number of benzene rings is 1. The minimum Gasteiger partial charge on any atom is -0.392 e. The summed E-state index contributed by atoms with van der Waals surface area (Å²) in [5.74, 6) is 0.127. The number of aliphatic hydroxyl groups is 1. The molecule has 3 nitrogen and oxygen atoms in total. The van der Waals surface area contributed by atoms with Crippen LogP contribution in [0.3, 0.4) is 0 Å². The van der Waals surface area contributed by atoms with Crippen molar-refractivity contribution in [2.45, 2.75) is 58.6 Å². The summed E-state index contributed by atoms with van der Waals surface area (Å²) in [5, 5.41) is 12.3. The van der Waals surface area contributed by atoms with Crippen LogP contribution in [0.25, 0.3) is 0 Å². The van der Waals surface area contributed by atoms with Gasteiger partial charge in [-0.15, -0.1) is 0 Å². The highest BCUT2D eigenvalue weighted by Crippen LogP contribution is 2.38. The van der Waals surface area contributed by atoms with E-state index in [4.69, 9.17) is 0 Å². The number of hydrogen-bond acceptors (Lipinski definition) is 2. The van der Waals surface area contributed by atoms with Crippen LogP contribution in [-0.4, -0.2) is 11.0 Å². The summed E-state index contributed by atoms with van der Waals surface area (Å²) in [6, 6.07) is 7.68. The number of carbonyl (C=O) groups is 1. The van der Waals surface area contributed by atoms with Crippen molar-refractivity contribution in [1.82, 2.24) is 5.32 Å². The van der Waals surface area contributed by atoms with E-state index in [1.807, 2.05) is 24.3 Å². The van der Waals surface area contributed by atoms with E-state index in [2.05, 4.69) is 12.2 Å². The lowest BCUT2D eigenvalue weighted by molar-refractivity contribution is -0.123. The Kier molecular flexibility index (Phi) is 5.18. The van der Waals surface area contributed by atoms with E-state index in [0.29, 0.717) is 13.0 Å². The fraction of sp³-hybridized carbons (Fsp3) is 0.588. The molecule has 1 aliphatic carbocycles. The molecular weight excluding hydrogens is 250 g/mol. The number of carbonyl (C=O) groups excluding carboxylic acids is 1. The molecule has 0 saturated heterocycles. The highest BCUT2D eigenvalue weighted by molar-refractivity contribution is 5.76. The minimum atomic E-state index is 0.0176. The van der Waals surface area contributed by atoms with Crippen molar-refractivity contribution in [3.63, 3.8) is 0 Å². The number of nitrogens with one attached hydrogen (secondary N) is 1. The molecule has 3 heteroatoms. The van der Waals surface area contributed by atoms with Crippen LogP contribution in [-0.2, 0) is 17.9 Å². The molecule has 0 atom stereocenters. The molecule has 0 bridgehead atoms. The average Bonchev–Trinajstić information content (AvgIpc) is 2.45. The van der Waals surface area contributed by atoms with E-state index in [-0.39, 0.29) is 17.9 Å². The molecule has 1 aromatic rings. The Bertz CT molecular complexity index is 450. The Labute approximate surface area is 121 Å². The smallest absolute Gasteiger partial charge is 0.220 e.